The lowest BCUT2D eigenvalue weighted by Crippen LogP contribution is -2.29. The number of allylic oxidation sites excluding steroid dienone is 1. The van der Waals surface area contributed by atoms with Crippen molar-refractivity contribution >= 4 is 5.97 Å². The summed E-state index contributed by atoms with van der Waals surface area (Å²) in [6.07, 6.45) is 6.33. The van der Waals surface area contributed by atoms with Crippen molar-refractivity contribution in [2.75, 3.05) is 19.7 Å². The highest BCUT2D eigenvalue weighted by Gasteiger charge is 2.13. The van der Waals surface area contributed by atoms with Gasteiger partial charge in [0.15, 0.2) is 0 Å². The minimum atomic E-state index is -0.208. The fourth-order valence-electron chi connectivity index (χ4n) is 1.92. The Morgan fingerprint density at radius 3 is 2.47 bits per heavy atom. The molecule has 1 saturated heterocycles. The van der Waals surface area contributed by atoms with Gasteiger partial charge in [0.25, 0.3) is 0 Å². The van der Waals surface area contributed by atoms with E-state index in [1.165, 1.54) is 19.3 Å². The number of carbonyl (C=O) groups is 1. The summed E-state index contributed by atoms with van der Waals surface area (Å²) >= 11 is 0. The minimum Gasteiger partial charge on any atom is -0.463 e. The van der Waals surface area contributed by atoms with E-state index < -0.39 is 0 Å². The highest BCUT2D eigenvalue weighted by molar-refractivity contribution is 5.82. The van der Waals surface area contributed by atoms with E-state index in [1.807, 2.05) is 6.92 Å². The Hall–Kier alpha value is -0.990. The second-order valence-electron chi connectivity index (χ2n) is 3.79. The monoisotopic (exact) mass is 211 g/mol. The average Bonchev–Trinajstić information content (AvgIpc) is 2.27. The topological polar surface area (TPSA) is 29.5 Å². The Morgan fingerprint density at radius 1 is 1.27 bits per heavy atom. The maximum absolute atomic E-state index is 11.3. The van der Waals surface area contributed by atoms with Crippen molar-refractivity contribution in [3.05, 3.63) is 11.8 Å². The molecule has 1 aliphatic heterocycles. The number of hydrogen-bond donors (Lipinski definition) is 0. The number of hydrogen-bond acceptors (Lipinski definition) is 3. The molecule has 1 heterocycles. The zero-order chi connectivity index (χ0) is 11.1. The quantitative estimate of drug-likeness (QED) is 0.528. The van der Waals surface area contributed by atoms with E-state index >= 15 is 0 Å². The van der Waals surface area contributed by atoms with Crippen molar-refractivity contribution in [1.82, 2.24) is 4.90 Å². The van der Waals surface area contributed by atoms with E-state index in [-0.39, 0.29) is 5.97 Å². The molecule has 0 aromatic carbocycles. The molecule has 0 spiro atoms. The van der Waals surface area contributed by atoms with Crippen LogP contribution in [0.2, 0.25) is 0 Å². The summed E-state index contributed by atoms with van der Waals surface area (Å²) in [5.74, 6) is -0.208. The van der Waals surface area contributed by atoms with Gasteiger partial charge in [-0.15, -0.1) is 0 Å². The third-order valence-electron chi connectivity index (χ3n) is 2.70. The van der Waals surface area contributed by atoms with Gasteiger partial charge in [0.2, 0.25) is 0 Å². The lowest BCUT2D eigenvalue weighted by Gasteiger charge is -2.30. The van der Waals surface area contributed by atoms with E-state index in [0.29, 0.717) is 6.61 Å². The molecule has 0 aromatic heterocycles. The van der Waals surface area contributed by atoms with E-state index in [4.69, 9.17) is 4.74 Å². The predicted molar refractivity (Wildman–Crippen MR) is 60.4 cm³/mol. The van der Waals surface area contributed by atoms with Gasteiger partial charge in [-0.3, -0.25) is 0 Å². The van der Waals surface area contributed by atoms with Crippen LogP contribution in [0.4, 0.5) is 0 Å². The van der Waals surface area contributed by atoms with Crippen LogP contribution in [0.5, 0.6) is 0 Å². The van der Waals surface area contributed by atoms with Crippen LogP contribution in [0, 0.1) is 0 Å². The average molecular weight is 211 g/mol. The Labute approximate surface area is 92.1 Å². The van der Waals surface area contributed by atoms with Crippen molar-refractivity contribution in [1.29, 1.82) is 0 Å². The fourth-order valence-corrected chi connectivity index (χ4v) is 1.92. The summed E-state index contributed by atoms with van der Waals surface area (Å²) in [7, 11) is 0. The van der Waals surface area contributed by atoms with E-state index in [9.17, 15) is 4.79 Å². The van der Waals surface area contributed by atoms with Gasteiger partial charge in [-0.2, -0.15) is 0 Å². The molecular weight excluding hydrogens is 190 g/mol. The van der Waals surface area contributed by atoms with Crippen molar-refractivity contribution < 1.29 is 9.53 Å². The van der Waals surface area contributed by atoms with Crippen LogP contribution in [0.3, 0.4) is 0 Å². The summed E-state index contributed by atoms with van der Waals surface area (Å²) < 4.78 is 4.92. The molecule has 3 heteroatoms. The van der Waals surface area contributed by atoms with Gasteiger partial charge in [-0.05, 0) is 32.6 Å². The SMILES string of the molecule is CCOC(=O)/C=C(\CC)N1CCCCC1. The second kappa shape index (κ2) is 6.49. The third-order valence-corrected chi connectivity index (χ3v) is 2.70. The van der Waals surface area contributed by atoms with E-state index in [0.717, 1.165) is 25.2 Å². The molecule has 0 aromatic rings. The van der Waals surface area contributed by atoms with Gasteiger partial charge in [-0.1, -0.05) is 6.92 Å². The molecule has 1 fully saturated rings. The van der Waals surface area contributed by atoms with Crippen LogP contribution >= 0.6 is 0 Å². The summed E-state index contributed by atoms with van der Waals surface area (Å²) in [6, 6.07) is 0. The largest absolute Gasteiger partial charge is 0.463 e. The van der Waals surface area contributed by atoms with Gasteiger partial charge >= 0.3 is 5.97 Å². The zero-order valence-electron chi connectivity index (χ0n) is 9.79. The number of nitrogens with zero attached hydrogens (tertiary/aromatic N) is 1. The second-order valence-corrected chi connectivity index (χ2v) is 3.79. The normalized spacial score (nSPS) is 17.7. The molecule has 0 amide bonds. The lowest BCUT2D eigenvalue weighted by atomic mass is 10.1. The molecule has 0 bridgehead atoms. The van der Waals surface area contributed by atoms with Gasteiger partial charge in [0.1, 0.15) is 0 Å². The van der Waals surface area contributed by atoms with Crippen molar-refractivity contribution in [3.8, 4) is 0 Å². The first-order valence-electron chi connectivity index (χ1n) is 5.90. The molecular formula is C12H21NO2. The fraction of sp³-hybridized carbons (Fsp3) is 0.750. The molecule has 86 valence electrons. The van der Waals surface area contributed by atoms with E-state index in [1.54, 1.807) is 6.08 Å². The van der Waals surface area contributed by atoms with Gasteiger partial charge in [-0.25, -0.2) is 4.79 Å². The summed E-state index contributed by atoms with van der Waals surface area (Å²) in [4.78, 5) is 13.6. The highest BCUT2D eigenvalue weighted by atomic mass is 16.5. The Balaban J connectivity index is 2.55. The molecule has 0 aliphatic carbocycles. The Bertz CT molecular complexity index is 230. The lowest BCUT2D eigenvalue weighted by molar-refractivity contribution is -0.137. The number of likely N-dealkylation sites (tertiary alicyclic amines) is 1. The van der Waals surface area contributed by atoms with Crippen molar-refractivity contribution in [3.63, 3.8) is 0 Å². The summed E-state index contributed by atoms with van der Waals surface area (Å²) in [5, 5.41) is 0. The highest BCUT2D eigenvalue weighted by Crippen LogP contribution is 2.16. The molecule has 0 saturated carbocycles. The zero-order valence-corrected chi connectivity index (χ0v) is 9.79. The van der Waals surface area contributed by atoms with Crippen molar-refractivity contribution in [2.24, 2.45) is 0 Å². The molecule has 0 radical (unpaired) electrons. The van der Waals surface area contributed by atoms with E-state index in [2.05, 4.69) is 11.8 Å². The smallest absolute Gasteiger partial charge is 0.332 e. The maximum Gasteiger partial charge on any atom is 0.332 e. The molecule has 3 nitrogen and oxygen atoms in total. The van der Waals surface area contributed by atoms with Gasteiger partial charge < -0.3 is 9.64 Å². The van der Waals surface area contributed by atoms with Crippen molar-refractivity contribution in [2.45, 2.75) is 39.5 Å². The number of esters is 1. The molecule has 15 heavy (non-hydrogen) atoms. The van der Waals surface area contributed by atoms with Crippen LogP contribution in [-0.2, 0) is 9.53 Å². The predicted octanol–water partition coefficient (Wildman–Crippen LogP) is 2.33. The number of rotatable bonds is 4. The molecule has 1 aliphatic rings. The van der Waals surface area contributed by atoms with Crippen LogP contribution in [0.15, 0.2) is 11.8 Å². The molecule has 0 N–H and O–H groups in total. The molecule has 0 unspecified atom stereocenters. The minimum absolute atomic E-state index is 0.208. The van der Waals surface area contributed by atoms with Gasteiger partial charge in [0.05, 0.1) is 6.61 Å². The van der Waals surface area contributed by atoms with Crippen LogP contribution < -0.4 is 0 Å². The van der Waals surface area contributed by atoms with Crippen LogP contribution in [-0.4, -0.2) is 30.6 Å². The Morgan fingerprint density at radius 2 is 1.93 bits per heavy atom. The molecule has 0 atom stereocenters. The van der Waals surface area contributed by atoms with Crippen LogP contribution in [0.1, 0.15) is 39.5 Å². The number of ether oxygens (including phenoxy) is 1. The summed E-state index contributed by atoms with van der Waals surface area (Å²) in [6.45, 7) is 6.53. The number of piperidine rings is 1. The summed E-state index contributed by atoms with van der Waals surface area (Å²) in [5.41, 5.74) is 1.12. The first-order valence-corrected chi connectivity index (χ1v) is 5.90. The van der Waals surface area contributed by atoms with Crippen LogP contribution in [0.25, 0.3) is 0 Å². The third kappa shape index (κ3) is 3.94. The van der Waals surface area contributed by atoms with Gasteiger partial charge in [0, 0.05) is 24.9 Å². The number of carbonyl (C=O) groups excluding carboxylic acids is 1. The maximum atomic E-state index is 11.3. The standard InChI is InChI=1S/C12H21NO2/c1-3-11(10-12(14)15-4-2)13-8-6-5-7-9-13/h10H,3-9H2,1-2H3/b11-10+. The molecule has 1 rings (SSSR count). The first kappa shape index (κ1) is 12.1. The first-order chi connectivity index (χ1) is 7.27. The Kier molecular flexibility index (Phi) is 5.22.